The number of aromatic nitrogens is 1. The number of rotatable bonds is 2. The van der Waals surface area contributed by atoms with Crippen molar-refractivity contribution >= 4 is 16.3 Å². The van der Waals surface area contributed by atoms with E-state index in [0.717, 1.165) is 54.9 Å². The van der Waals surface area contributed by atoms with Gasteiger partial charge in [-0.15, -0.1) is 0 Å². The SMILES string of the molecule is CN(C)[C@H]1C[C@@]23CC[C@@]4(O2)C(=CC[C@]2(C)C(c5ccc6cc[nH]c(=O)c6c5)=CCC24)C2CC23[C@@H](O)[C@@H]1O. The van der Waals surface area contributed by atoms with Crippen LogP contribution in [0.25, 0.3) is 16.3 Å². The van der Waals surface area contributed by atoms with E-state index in [1.165, 1.54) is 11.1 Å². The fraction of sp³-hybridized carbons (Fsp3) is 0.581. The molecule has 2 aromatic rings. The minimum atomic E-state index is -0.753. The molecule has 3 heterocycles. The standard InChI is InChI=1S/C31H36N2O4/c1-28-10-8-21-22-15-30(22)26(35)25(34)23(33(2)3)16-29(30)11-12-31(21,37-29)24(28)7-6-20(28)18-5-4-17-9-13-32-27(36)19(17)14-18/h4-6,8-9,13-14,22-26,34-35H,7,10-12,15-16H2,1-3H3,(H,32,36)/t22?,23-,24?,25+,26-,28+,29+,30?,31+/m0/s1. The number of ether oxygens (including phenoxy) is 1. The van der Waals surface area contributed by atoms with Crippen molar-refractivity contribution in [3.05, 3.63) is 64.1 Å². The summed E-state index contributed by atoms with van der Waals surface area (Å²) in [6.45, 7) is 2.39. The normalized spacial score (nSPS) is 47.1. The third-order valence-corrected chi connectivity index (χ3v) is 11.8. The molecule has 2 saturated heterocycles. The van der Waals surface area contributed by atoms with Crippen LogP contribution in [-0.2, 0) is 4.74 Å². The Balaban J connectivity index is 1.22. The van der Waals surface area contributed by atoms with E-state index in [9.17, 15) is 15.0 Å². The van der Waals surface area contributed by atoms with E-state index in [4.69, 9.17) is 4.74 Å². The Morgan fingerprint density at radius 1 is 1.11 bits per heavy atom. The highest BCUT2D eigenvalue weighted by Gasteiger charge is 2.84. The molecule has 9 atom stereocenters. The number of aliphatic hydroxyl groups excluding tert-OH is 2. The molecule has 6 nitrogen and oxygen atoms in total. The molecule has 194 valence electrons. The summed E-state index contributed by atoms with van der Waals surface area (Å²) in [7, 11) is 4.00. The highest BCUT2D eigenvalue weighted by Crippen LogP contribution is 2.81. The number of hydrogen-bond acceptors (Lipinski definition) is 5. The molecule has 1 aromatic heterocycles. The molecule has 3 spiro atoms. The topological polar surface area (TPSA) is 85.8 Å². The van der Waals surface area contributed by atoms with Crippen molar-refractivity contribution in [3.8, 4) is 0 Å². The van der Waals surface area contributed by atoms with Crippen LogP contribution in [0.4, 0.5) is 0 Å². The van der Waals surface area contributed by atoms with Crippen molar-refractivity contribution in [2.75, 3.05) is 14.1 Å². The molecule has 2 bridgehead atoms. The van der Waals surface area contributed by atoms with Gasteiger partial charge in [-0.3, -0.25) is 4.79 Å². The summed E-state index contributed by atoms with van der Waals surface area (Å²) in [6.07, 6.45) is 10.6. The number of pyridine rings is 1. The minimum Gasteiger partial charge on any atom is -0.390 e. The lowest BCUT2D eigenvalue weighted by atomic mass is 9.57. The van der Waals surface area contributed by atoms with Crippen molar-refractivity contribution < 1.29 is 14.9 Å². The number of H-pyrrole nitrogens is 1. The molecular formula is C31H36N2O4. The minimum absolute atomic E-state index is 0.0454. The molecule has 0 radical (unpaired) electrons. The fourth-order valence-electron chi connectivity index (χ4n) is 9.98. The lowest BCUT2D eigenvalue weighted by Crippen LogP contribution is -2.67. The largest absolute Gasteiger partial charge is 0.390 e. The first-order valence-electron chi connectivity index (χ1n) is 13.9. The maximum atomic E-state index is 12.6. The van der Waals surface area contributed by atoms with Gasteiger partial charge in [0.2, 0.25) is 0 Å². The van der Waals surface area contributed by atoms with Gasteiger partial charge in [0.1, 0.15) is 0 Å². The lowest BCUT2D eigenvalue weighted by molar-refractivity contribution is -0.248. The van der Waals surface area contributed by atoms with Gasteiger partial charge in [0.15, 0.2) is 0 Å². The summed E-state index contributed by atoms with van der Waals surface area (Å²) in [5.74, 6) is 0.642. The van der Waals surface area contributed by atoms with E-state index in [0.29, 0.717) is 11.8 Å². The molecule has 4 fully saturated rings. The maximum absolute atomic E-state index is 12.6. The monoisotopic (exact) mass is 500 g/mol. The first-order valence-corrected chi connectivity index (χ1v) is 13.9. The van der Waals surface area contributed by atoms with Gasteiger partial charge in [0.05, 0.1) is 23.4 Å². The van der Waals surface area contributed by atoms with Gasteiger partial charge in [0, 0.05) is 34.4 Å². The predicted octanol–water partition coefficient (Wildman–Crippen LogP) is 3.63. The van der Waals surface area contributed by atoms with E-state index in [1.54, 1.807) is 6.20 Å². The molecule has 4 aliphatic carbocycles. The van der Waals surface area contributed by atoms with Crippen LogP contribution < -0.4 is 5.56 Å². The van der Waals surface area contributed by atoms with Crippen LogP contribution in [0.15, 0.2) is 53.0 Å². The van der Waals surface area contributed by atoms with Gasteiger partial charge in [0.25, 0.3) is 5.56 Å². The van der Waals surface area contributed by atoms with Gasteiger partial charge < -0.3 is 24.8 Å². The van der Waals surface area contributed by atoms with Gasteiger partial charge in [-0.2, -0.15) is 0 Å². The Bertz CT molecular complexity index is 1480. The Kier molecular flexibility index (Phi) is 4.20. The third kappa shape index (κ3) is 2.45. The highest BCUT2D eigenvalue weighted by molar-refractivity contribution is 5.87. The summed E-state index contributed by atoms with van der Waals surface area (Å²) in [6, 6.07) is 8.15. The van der Waals surface area contributed by atoms with Crippen molar-refractivity contribution in [2.45, 2.75) is 74.9 Å². The Morgan fingerprint density at radius 3 is 2.76 bits per heavy atom. The predicted molar refractivity (Wildman–Crippen MR) is 142 cm³/mol. The number of aromatic amines is 1. The number of aliphatic hydroxyl groups is 2. The number of allylic oxidation sites excluding steroid dienone is 3. The zero-order valence-corrected chi connectivity index (χ0v) is 21.8. The maximum Gasteiger partial charge on any atom is 0.255 e. The highest BCUT2D eigenvalue weighted by atomic mass is 16.5. The summed E-state index contributed by atoms with van der Waals surface area (Å²) in [5, 5.41) is 24.3. The molecule has 37 heavy (non-hydrogen) atoms. The summed E-state index contributed by atoms with van der Waals surface area (Å²) >= 11 is 0. The van der Waals surface area contributed by atoms with Crippen molar-refractivity contribution in [3.63, 3.8) is 0 Å². The van der Waals surface area contributed by atoms with Gasteiger partial charge in [-0.25, -0.2) is 0 Å². The van der Waals surface area contributed by atoms with Gasteiger partial charge in [-0.1, -0.05) is 31.2 Å². The van der Waals surface area contributed by atoms with Crippen molar-refractivity contribution in [1.82, 2.24) is 9.88 Å². The Hall–Kier alpha value is -2.25. The zero-order valence-electron chi connectivity index (χ0n) is 21.8. The molecule has 8 rings (SSSR count). The number of fused-ring (bicyclic) bond motifs is 3. The van der Waals surface area contributed by atoms with Crippen LogP contribution in [0.3, 0.4) is 0 Å². The molecule has 2 aliphatic heterocycles. The van der Waals surface area contributed by atoms with Crippen molar-refractivity contribution in [2.24, 2.45) is 22.7 Å². The summed E-state index contributed by atoms with van der Waals surface area (Å²) in [4.78, 5) is 17.4. The smallest absolute Gasteiger partial charge is 0.255 e. The first-order chi connectivity index (χ1) is 17.7. The van der Waals surface area contributed by atoms with E-state index in [-0.39, 0.29) is 33.6 Å². The van der Waals surface area contributed by atoms with Crippen LogP contribution >= 0.6 is 0 Å². The zero-order chi connectivity index (χ0) is 25.5. The molecule has 6 heteroatoms. The molecular weight excluding hydrogens is 464 g/mol. The van der Waals surface area contributed by atoms with Crippen molar-refractivity contribution in [1.29, 1.82) is 0 Å². The average molecular weight is 501 g/mol. The lowest BCUT2D eigenvalue weighted by Gasteiger charge is -2.59. The van der Waals surface area contributed by atoms with Crippen LogP contribution in [0.5, 0.6) is 0 Å². The quantitative estimate of drug-likeness (QED) is 0.549. The van der Waals surface area contributed by atoms with E-state index < -0.39 is 12.2 Å². The van der Waals surface area contributed by atoms with Gasteiger partial charge >= 0.3 is 0 Å². The van der Waals surface area contributed by atoms with Crippen LogP contribution in [0.1, 0.15) is 51.0 Å². The second-order valence-corrected chi connectivity index (χ2v) is 13.2. The first kappa shape index (κ1) is 22.7. The fourth-order valence-corrected chi connectivity index (χ4v) is 9.98. The molecule has 1 aromatic carbocycles. The number of nitrogens with one attached hydrogen (secondary N) is 1. The van der Waals surface area contributed by atoms with Gasteiger partial charge in [-0.05, 0) is 92.8 Å². The summed E-state index contributed by atoms with van der Waals surface area (Å²) in [5.41, 5.74) is 2.73. The van der Waals surface area contributed by atoms with Crippen LogP contribution in [-0.4, -0.2) is 63.6 Å². The second kappa shape index (κ2) is 6.84. The van der Waals surface area contributed by atoms with E-state index >= 15 is 0 Å². The Morgan fingerprint density at radius 2 is 1.95 bits per heavy atom. The Labute approximate surface area is 217 Å². The van der Waals surface area contributed by atoms with Crippen LogP contribution in [0, 0.1) is 22.7 Å². The summed E-state index contributed by atoms with van der Waals surface area (Å²) < 4.78 is 7.42. The molecule has 0 amide bonds. The van der Waals surface area contributed by atoms with E-state index in [1.807, 2.05) is 20.2 Å². The van der Waals surface area contributed by atoms with Crippen LogP contribution in [0.2, 0.25) is 0 Å². The second-order valence-electron chi connectivity index (χ2n) is 13.2. The molecule has 3 unspecified atom stereocenters. The third-order valence-electron chi connectivity index (χ3n) is 11.8. The number of benzene rings is 1. The number of hydrogen-bond donors (Lipinski definition) is 3. The molecule has 6 aliphatic rings. The average Bonchev–Trinajstić information content (AvgIpc) is 3.41. The molecule has 2 saturated carbocycles. The number of nitrogens with zero attached hydrogens (tertiary/aromatic N) is 1. The van der Waals surface area contributed by atoms with E-state index in [2.05, 4.69) is 47.2 Å². The number of likely N-dealkylation sites (N-methyl/N-ethyl adjacent to an activating group) is 1. The molecule has 3 N–H and O–H groups in total.